The lowest BCUT2D eigenvalue weighted by atomic mass is 10.1. The lowest BCUT2D eigenvalue weighted by Gasteiger charge is -2.16. The number of anilines is 1. The summed E-state index contributed by atoms with van der Waals surface area (Å²) in [5, 5.41) is 6.91. The van der Waals surface area contributed by atoms with Crippen molar-refractivity contribution >= 4 is 35.6 Å². The molecule has 182 valence electrons. The van der Waals surface area contributed by atoms with Crippen molar-refractivity contribution in [3.63, 3.8) is 0 Å². The third-order valence-corrected chi connectivity index (χ3v) is 5.57. The summed E-state index contributed by atoms with van der Waals surface area (Å²) in [5.74, 6) is 2.36. The molecule has 2 N–H and O–H groups in total. The van der Waals surface area contributed by atoms with Gasteiger partial charge in [0.15, 0.2) is 5.96 Å². The summed E-state index contributed by atoms with van der Waals surface area (Å²) in [5.41, 5.74) is 1.00. The van der Waals surface area contributed by atoms with Gasteiger partial charge in [-0.2, -0.15) is 0 Å². The van der Waals surface area contributed by atoms with Crippen molar-refractivity contribution < 1.29 is 14.2 Å². The fraction of sp³-hybridized carbons (Fsp3) is 0.708. The molecular weight excluding hydrogens is 519 g/mol. The number of nitrogens with one attached hydrogen (secondary N) is 2. The van der Waals surface area contributed by atoms with E-state index in [1.54, 1.807) is 7.11 Å². The molecule has 3 rings (SSSR count). The van der Waals surface area contributed by atoms with Crippen LogP contribution in [0.15, 0.2) is 29.3 Å². The summed E-state index contributed by atoms with van der Waals surface area (Å²) in [6.07, 6.45) is 5.11. The SMILES string of the molecule is COCCOCCCNC(=NCC1CCN(C2CC2)C1)Nc1ccc(OC(C)C)cc1.I. The third-order valence-electron chi connectivity index (χ3n) is 5.57. The highest BCUT2D eigenvalue weighted by Crippen LogP contribution is 2.31. The predicted octanol–water partition coefficient (Wildman–Crippen LogP) is 3.99. The van der Waals surface area contributed by atoms with Crippen LogP contribution in [0.1, 0.15) is 39.5 Å². The van der Waals surface area contributed by atoms with Crippen molar-refractivity contribution in [2.75, 3.05) is 58.4 Å². The Labute approximate surface area is 210 Å². The molecule has 1 unspecified atom stereocenters. The van der Waals surface area contributed by atoms with Gasteiger partial charge in [0, 0.05) is 45.1 Å². The molecular formula is C24H41IN4O3. The maximum absolute atomic E-state index is 5.74. The molecule has 1 saturated heterocycles. The number of halogens is 1. The van der Waals surface area contributed by atoms with Gasteiger partial charge in [0.1, 0.15) is 5.75 Å². The van der Waals surface area contributed by atoms with Crippen molar-refractivity contribution in [3.8, 4) is 5.75 Å². The highest BCUT2D eigenvalue weighted by Gasteiger charge is 2.34. The Morgan fingerprint density at radius 3 is 2.59 bits per heavy atom. The van der Waals surface area contributed by atoms with E-state index in [1.165, 1.54) is 32.4 Å². The quantitative estimate of drug-likeness (QED) is 0.165. The molecule has 32 heavy (non-hydrogen) atoms. The maximum Gasteiger partial charge on any atom is 0.195 e. The number of likely N-dealkylation sites (tertiary alicyclic amines) is 1. The highest BCUT2D eigenvalue weighted by molar-refractivity contribution is 14.0. The number of ether oxygens (including phenoxy) is 3. The van der Waals surface area contributed by atoms with E-state index in [4.69, 9.17) is 19.2 Å². The minimum Gasteiger partial charge on any atom is -0.491 e. The van der Waals surface area contributed by atoms with Gasteiger partial charge in [-0.15, -0.1) is 24.0 Å². The molecule has 2 aliphatic rings. The average Bonchev–Trinajstić information content (AvgIpc) is 3.50. The fourth-order valence-corrected chi connectivity index (χ4v) is 3.79. The van der Waals surface area contributed by atoms with E-state index in [0.717, 1.165) is 42.9 Å². The molecule has 0 bridgehead atoms. The number of hydrogen-bond acceptors (Lipinski definition) is 5. The van der Waals surface area contributed by atoms with Gasteiger partial charge < -0.3 is 29.7 Å². The second kappa shape index (κ2) is 14.9. The molecule has 1 saturated carbocycles. The number of hydrogen-bond donors (Lipinski definition) is 2. The normalized spacial score (nSPS) is 19.1. The molecule has 0 aromatic heterocycles. The van der Waals surface area contributed by atoms with Crippen molar-refractivity contribution in [2.24, 2.45) is 10.9 Å². The minimum atomic E-state index is 0. The Morgan fingerprint density at radius 1 is 1.12 bits per heavy atom. The molecule has 7 nitrogen and oxygen atoms in total. The Hall–Kier alpha value is -1.10. The van der Waals surface area contributed by atoms with Crippen molar-refractivity contribution in [1.82, 2.24) is 10.2 Å². The van der Waals surface area contributed by atoms with Crippen LogP contribution in [0.5, 0.6) is 5.75 Å². The van der Waals surface area contributed by atoms with Crippen molar-refractivity contribution in [3.05, 3.63) is 24.3 Å². The van der Waals surface area contributed by atoms with Gasteiger partial charge in [-0.1, -0.05) is 0 Å². The first-order valence-electron chi connectivity index (χ1n) is 11.8. The lowest BCUT2D eigenvalue weighted by molar-refractivity contribution is 0.0699. The molecule has 1 aromatic rings. The Balaban J connectivity index is 0.00000363. The third kappa shape index (κ3) is 10.2. The van der Waals surface area contributed by atoms with Gasteiger partial charge >= 0.3 is 0 Å². The van der Waals surface area contributed by atoms with Gasteiger partial charge in [0.05, 0.1) is 19.3 Å². The van der Waals surface area contributed by atoms with Gasteiger partial charge in [-0.3, -0.25) is 4.99 Å². The summed E-state index contributed by atoms with van der Waals surface area (Å²) < 4.78 is 16.3. The molecule has 0 amide bonds. The maximum atomic E-state index is 5.74. The molecule has 1 aliphatic heterocycles. The molecule has 1 aromatic carbocycles. The van der Waals surface area contributed by atoms with Gasteiger partial charge in [-0.25, -0.2) is 0 Å². The van der Waals surface area contributed by atoms with Gasteiger partial charge in [0.25, 0.3) is 0 Å². The largest absolute Gasteiger partial charge is 0.491 e. The van der Waals surface area contributed by atoms with Crippen molar-refractivity contribution in [1.29, 1.82) is 0 Å². The summed E-state index contributed by atoms with van der Waals surface area (Å²) in [6, 6.07) is 8.91. The number of guanidine groups is 1. The fourth-order valence-electron chi connectivity index (χ4n) is 3.79. The number of benzene rings is 1. The molecule has 1 atom stereocenters. The second-order valence-corrected chi connectivity index (χ2v) is 8.77. The predicted molar refractivity (Wildman–Crippen MR) is 142 cm³/mol. The van der Waals surface area contributed by atoms with Crippen LogP contribution in [0.3, 0.4) is 0 Å². The zero-order valence-corrected chi connectivity index (χ0v) is 22.2. The summed E-state index contributed by atoms with van der Waals surface area (Å²) in [4.78, 5) is 7.55. The topological polar surface area (TPSA) is 67.4 Å². The van der Waals surface area contributed by atoms with Gasteiger partial charge in [0.2, 0.25) is 0 Å². The molecule has 1 heterocycles. The monoisotopic (exact) mass is 560 g/mol. The standard InChI is InChI=1S/C24H40N4O3.HI/c1-19(2)31-23-9-5-21(6-10-23)27-24(25-12-4-14-30-16-15-29-3)26-17-20-11-13-28(18-20)22-7-8-22;/h5-6,9-10,19-20,22H,4,7-8,11-18H2,1-3H3,(H2,25,26,27);1H. The summed E-state index contributed by atoms with van der Waals surface area (Å²) in [6.45, 7) is 10.2. The van der Waals surface area contributed by atoms with E-state index >= 15 is 0 Å². The first kappa shape index (κ1) is 27.1. The second-order valence-electron chi connectivity index (χ2n) is 8.77. The zero-order valence-electron chi connectivity index (χ0n) is 19.8. The molecule has 0 spiro atoms. The molecule has 0 radical (unpaired) electrons. The smallest absolute Gasteiger partial charge is 0.195 e. The van der Waals surface area contributed by atoms with Crippen LogP contribution in [0, 0.1) is 5.92 Å². The van der Waals surface area contributed by atoms with Crippen LogP contribution in [-0.2, 0) is 9.47 Å². The zero-order chi connectivity index (χ0) is 21.9. The van der Waals surface area contributed by atoms with Crippen LogP contribution < -0.4 is 15.4 Å². The van der Waals surface area contributed by atoms with Crippen LogP contribution in [0.2, 0.25) is 0 Å². The molecule has 2 fully saturated rings. The van der Waals surface area contributed by atoms with Gasteiger partial charge in [-0.05, 0) is 76.3 Å². The van der Waals surface area contributed by atoms with Crippen LogP contribution in [-0.4, -0.2) is 76.1 Å². The van der Waals surface area contributed by atoms with Crippen LogP contribution >= 0.6 is 24.0 Å². The van der Waals surface area contributed by atoms with E-state index in [1.807, 2.05) is 38.1 Å². The number of rotatable bonds is 13. The van der Waals surface area contributed by atoms with Crippen LogP contribution in [0.4, 0.5) is 5.69 Å². The number of aliphatic imine (C=N–C) groups is 1. The average molecular weight is 561 g/mol. The summed E-state index contributed by atoms with van der Waals surface area (Å²) >= 11 is 0. The van der Waals surface area contributed by atoms with E-state index < -0.39 is 0 Å². The lowest BCUT2D eigenvalue weighted by Crippen LogP contribution is -2.33. The number of methoxy groups -OCH3 is 1. The molecule has 8 heteroatoms. The first-order chi connectivity index (χ1) is 15.1. The van der Waals surface area contributed by atoms with E-state index in [-0.39, 0.29) is 30.1 Å². The van der Waals surface area contributed by atoms with E-state index in [0.29, 0.717) is 25.7 Å². The van der Waals surface area contributed by atoms with Crippen molar-refractivity contribution in [2.45, 2.75) is 51.7 Å². The first-order valence-corrected chi connectivity index (χ1v) is 11.8. The minimum absolute atomic E-state index is 0. The highest BCUT2D eigenvalue weighted by atomic mass is 127. The number of nitrogens with zero attached hydrogens (tertiary/aromatic N) is 2. The van der Waals surface area contributed by atoms with E-state index in [2.05, 4.69) is 15.5 Å². The Bertz CT molecular complexity index is 668. The Kier molecular flexibility index (Phi) is 12.7. The summed E-state index contributed by atoms with van der Waals surface area (Å²) in [7, 11) is 1.69. The van der Waals surface area contributed by atoms with Crippen LogP contribution in [0.25, 0.3) is 0 Å². The van der Waals surface area contributed by atoms with E-state index in [9.17, 15) is 0 Å². The molecule has 1 aliphatic carbocycles. The Morgan fingerprint density at radius 2 is 1.91 bits per heavy atom.